The molecule has 0 saturated carbocycles. The molecule has 2 aromatic carbocycles. The number of hydrogen-bond donors (Lipinski definition) is 2. The molecule has 1 aliphatic heterocycles. The van der Waals surface area contributed by atoms with Gasteiger partial charge in [0.15, 0.2) is 0 Å². The molecule has 2 aliphatic rings. The molecule has 7 heteroatoms. The summed E-state index contributed by atoms with van der Waals surface area (Å²) in [6.07, 6.45) is -0.663. The Kier molecular flexibility index (Phi) is 5.43. The number of amides is 2. The molecule has 2 aromatic rings. The Bertz CT molecular complexity index is 991. The van der Waals surface area contributed by atoms with Crippen molar-refractivity contribution in [1.82, 2.24) is 10.2 Å². The fourth-order valence-corrected chi connectivity index (χ4v) is 4.53. The van der Waals surface area contributed by atoms with Gasteiger partial charge in [0.25, 0.3) is 0 Å². The average molecular weight is 422 g/mol. The van der Waals surface area contributed by atoms with Crippen LogP contribution in [0.25, 0.3) is 11.1 Å². The first-order chi connectivity index (χ1) is 14.8. The highest BCUT2D eigenvalue weighted by molar-refractivity contribution is 5.84. The van der Waals surface area contributed by atoms with Crippen molar-refractivity contribution in [3.63, 3.8) is 0 Å². The van der Waals surface area contributed by atoms with E-state index >= 15 is 0 Å². The number of rotatable bonds is 5. The molecule has 162 valence electrons. The van der Waals surface area contributed by atoms with Crippen LogP contribution in [0.5, 0.6) is 0 Å². The van der Waals surface area contributed by atoms with Gasteiger partial charge in [-0.25, -0.2) is 4.79 Å². The van der Waals surface area contributed by atoms with Crippen molar-refractivity contribution in [3.8, 4) is 11.1 Å². The lowest BCUT2D eigenvalue weighted by atomic mass is 9.81. The molecule has 0 spiro atoms. The summed E-state index contributed by atoms with van der Waals surface area (Å²) < 4.78 is 5.44. The van der Waals surface area contributed by atoms with Gasteiger partial charge < -0.3 is 20.1 Å². The molecule has 2 atom stereocenters. The van der Waals surface area contributed by atoms with E-state index in [-0.39, 0.29) is 37.4 Å². The fraction of sp³-hybridized carbons (Fsp3) is 0.375. The molecule has 4 rings (SSSR count). The normalized spacial score (nSPS) is 22.0. The van der Waals surface area contributed by atoms with Crippen LogP contribution < -0.4 is 5.32 Å². The molecule has 0 aromatic heterocycles. The van der Waals surface area contributed by atoms with Crippen LogP contribution in [-0.2, 0) is 14.3 Å². The summed E-state index contributed by atoms with van der Waals surface area (Å²) in [6.45, 7) is 3.90. The molecule has 2 amide bonds. The Morgan fingerprint density at radius 3 is 2.23 bits per heavy atom. The monoisotopic (exact) mass is 422 g/mol. The van der Waals surface area contributed by atoms with Crippen molar-refractivity contribution in [3.05, 3.63) is 59.7 Å². The average Bonchev–Trinajstić information content (AvgIpc) is 3.26. The molecule has 0 radical (unpaired) electrons. The zero-order chi connectivity index (χ0) is 22.2. The van der Waals surface area contributed by atoms with Crippen LogP contribution in [0.4, 0.5) is 4.79 Å². The number of carbonyl (C=O) groups excluding carboxylic acids is 2. The first-order valence-corrected chi connectivity index (χ1v) is 10.4. The van der Waals surface area contributed by atoms with Crippen LogP contribution >= 0.6 is 0 Å². The molecular weight excluding hydrogens is 396 g/mol. The van der Waals surface area contributed by atoms with Crippen LogP contribution in [0.15, 0.2) is 48.5 Å². The number of carboxylic acid groups (broad SMARTS) is 1. The number of likely N-dealkylation sites (tertiary alicyclic amines) is 1. The zero-order valence-electron chi connectivity index (χ0n) is 17.6. The van der Waals surface area contributed by atoms with E-state index in [4.69, 9.17) is 4.74 Å². The van der Waals surface area contributed by atoms with Gasteiger partial charge in [-0.1, -0.05) is 55.5 Å². The number of benzene rings is 2. The smallest absolute Gasteiger partial charge is 0.407 e. The van der Waals surface area contributed by atoms with Crippen LogP contribution in [0.2, 0.25) is 0 Å². The zero-order valence-corrected chi connectivity index (χ0v) is 17.6. The SMILES string of the molecule is CC1CN(C(=O)CNC(=O)OCC2c3ccccc3-c3ccccc32)CC1(C)C(=O)O. The highest BCUT2D eigenvalue weighted by atomic mass is 16.5. The minimum atomic E-state index is -0.973. The maximum Gasteiger partial charge on any atom is 0.407 e. The Balaban J connectivity index is 1.33. The lowest BCUT2D eigenvalue weighted by molar-refractivity contribution is -0.149. The van der Waals surface area contributed by atoms with E-state index < -0.39 is 17.5 Å². The number of carbonyl (C=O) groups is 3. The number of hydrogen-bond acceptors (Lipinski definition) is 4. The van der Waals surface area contributed by atoms with Crippen LogP contribution in [0.3, 0.4) is 0 Å². The van der Waals surface area contributed by atoms with E-state index in [9.17, 15) is 19.5 Å². The van der Waals surface area contributed by atoms with E-state index in [1.54, 1.807) is 6.92 Å². The third-order valence-electron chi connectivity index (χ3n) is 6.67. The summed E-state index contributed by atoms with van der Waals surface area (Å²) in [7, 11) is 0. The Hall–Kier alpha value is -3.35. The van der Waals surface area contributed by atoms with Crippen molar-refractivity contribution in [2.24, 2.45) is 11.3 Å². The van der Waals surface area contributed by atoms with Crippen LogP contribution in [-0.4, -0.2) is 54.2 Å². The first kappa shape index (κ1) is 20.9. The van der Waals surface area contributed by atoms with Gasteiger partial charge in [0.2, 0.25) is 5.91 Å². The van der Waals surface area contributed by atoms with Crippen molar-refractivity contribution < 1.29 is 24.2 Å². The molecule has 2 unspecified atom stereocenters. The Morgan fingerprint density at radius 1 is 1.10 bits per heavy atom. The van der Waals surface area contributed by atoms with E-state index in [0.717, 1.165) is 22.3 Å². The Morgan fingerprint density at radius 2 is 1.68 bits per heavy atom. The molecule has 0 bridgehead atoms. The molecule has 1 aliphatic carbocycles. The van der Waals surface area contributed by atoms with Crippen molar-refractivity contribution in [2.75, 3.05) is 26.2 Å². The second-order valence-corrected chi connectivity index (χ2v) is 8.58. The fourth-order valence-electron chi connectivity index (χ4n) is 4.53. The molecule has 2 N–H and O–H groups in total. The maximum atomic E-state index is 12.5. The molecule has 7 nitrogen and oxygen atoms in total. The minimum Gasteiger partial charge on any atom is -0.481 e. The number of alkyl carbamates (subject to hydrolysis) is 1. The van der Waals surface area contributed by atoms with Crippen molar-refractivity contribution in [2.45, 2.75) is 19.8 Å². The Labute approximate surface area is 181 Å². The molecule has 31 heavy (non-hydrogen) atoms. The highest BCUT2D eigenvalue weighted by Crippen LogP contribution is 2.44. The number of nitrogens with one attached hydrogen (secondary N) is 1. The largest absolute Gasteiger partial charge is 0.481 e. The molecular formula is C24H26N2O5. The van der Waals surface area contributed by atoms with Crippen molar-refractivity contribution >= 4 is 18.0 Å². The van der Waals surface area contributed by atoms with Gasteiger partial charge in [-0.2, -0.15) is 0 Å². The van der Waals surface area contributed by atoms with E-state index in [1.807, 2.05) is 43.3 Å². The minimum absolute atomic E-state index is 0.0513. The molecule has 1 fully saturated rings. The lowest BCUT2D eigenvalue weighted by Gasteiger charge is -2.22. The lowest BCUT2D eigenvalue weighted by Crippen LogP contribution is -2.41. The summed E-state index contributed by atoms with van der Waals surface area (Å²) in [5, 5.41) is 11.9. The van der Waals surface area contributed by atoms with Gasteiger partial charge in [-0.05, 0) is 35.1 Å². The number of nitrogens with zero attached hydrogens (tertiary/aromatic N) is 1. The summed E-state index contributed by atoms with van der Waals surface area (Å²) in [5.41, 5.74) is 3.55. The van der Waals surface area contributed by atoms with Crippen LogP contribution in [0, 0.1) is 11.3 Å². The standard InChI is InChI=1S/C24H26N2O5/c1-15-12-26(14-24(15,2)22(28)29)21(27)11-25-23(30)31-13-20-18-9-5-3-7-16(18)17-8-4-6-10-19(17)20/h3-10,15,20H,11-14H2,1-2H3,(H,25,30)(H,28,29). The number of carboxylic acids is 1. The number of ether oxygens (including phenoxy) is 1. The summed E-state index contributed by atoms with van der Waals surface area (Å²) in [4.78, 5) is 37.7. The summed E-state index contributed by atoms with van der Waals surface area (Å²) in [6, 6.07) is 16.1. The van der Waals surface area contributed by atoms with Crippen LogP contribution in [0.1, 0.15) is 30.9 Å². The van der Waals surface area contributed by atoms with E-state index in [0.29, 0.717) is 6.54 Å². The second-order valence-electron chi connectivity index (χ2n) is 8.58. The van der Waals surface area contributed by atoms with Gasteiger partial charge in [0.1, 0.15) is 13.2 Å². The second kappa shape index (κ2) is 8.06. The van der Waals surface area contributed by atoms with Gasteiger partial charge in [-0.3, -0.25) is 9.59 Å². The van der Waals surface area contributed by atoms with Gasteiger partial charge in [0, 0.05) is 19.0 Å². The molecule has 1 heterocycles. The first-order valence-electron chi connectivity index (χ1n) is 10.4. The summed E-state index contributed by atoms with van der Waals surface area (Å²) in [5.74, 6) is -1.45. The third kappa shape index (κ3) is 3.76. The number of aliphatic carboxylic acids is 1. The van der Waals surface area contributed by atoms with Gasteiger partial charge in [-0.15, -0.1) is 0 Å². The van der Waals surface area contributed by atoms with Crippen molar-refractivity contribution in [1.29, 1.82) is 0 Å². The topological polar surface area (TPSA) is 95.9 Å². The third-order valence-corrected chi connectivity index (χ3v) is 6.67. The van der Waals surface area contributed by atoms with Gasteiger partial charge >= 0.3 is 12.1 Å². The predicted molar refractivity (Wildman–Crippen MR) is 115 cm³/mol. The van der Waals surface area contributed by atoms with Gasteiger partial charge in [0.05, 0.1) is 5.41 Å². The maximum absolute atomic E-state index is 12.5. The quantitative estimate of drug-likeness (QED) is 0.772. The number of fused-ring (bicyclic) bond motifs is 3. The van der Waals surface area contributed by atoms with E-state index in [1.165, 1.54) is 4.90 Å². The van der Waals surface area contributed by atoms with E-state index in [2.05, 4.69) is 17.4 Å². The predicted octanol–water partition coefficient (Wildman–Crippen LogP) is 3.09. The molecule has 1 saturated heterocycles. The highest BCUT2D eigenvalue weighted by Gasteiger charge is 2.47. The summed E-state index contributed by atoms with van der Waals surface area (Å²) >= 11 is 0.